The lowest BCUT2D eigenvalue weighted by molar-refractivity contribution is -0.161. The van der Waals surface area contributed by atoms with Crippen molar-refractivity contribution in [3.05, 3.63) is 24.3 Å². The fourth-order valence-corrected chi connectivity index (χ4v) is 6.16. The van der Waals surface area contributed by atoms with Gasteiger partial charge in [0.25, 0.3) is 0 Å². The number of esters is 1. The largest absolute Gasteiger partial charge is 0.465 e. The lowest BCUT2D eigenvalue weighted by atomic mass is 9.73. The van der Waals surface area contributed by atoms with Crippen molar-refractivity contribution in [1.29, 1.82) is 0 Å². The molecule has 8 nitrogen and oxygen atoms in total. The van der Waals surface area contributed by atoms with Crippen LogP contribution in [-0.4, -0.2) is 82.8 Å². The van der Waals surface area contributed by atoms with Gasteiger partial charge in [0, 0.05) is 26.2 Å². The molecule has 0 bridgehead atoms. The van der Waals surface area contributed by atoms with Gasteiger partial charge in [0.2, 0.25) is 11.8 Å². The average Bonchev–Trinajstić information content (AvgIpc) is 3.16. The second kappa shape index (κ2) is 10.2. The number of likely N-dealkylation sites (tertiary alicyclic amines) is 1. The molecular weight excluding hydrogens is 436 g/mol. The first-order chi connectivity index (χ1) is 16.5. The van der Waals surface area contributed by atoms with Gasteiger partial charge in [-0.3, -0.25) is 14.4 Å². The number of carbonyl (C=O) groups is 3. The normalized spacial score (nSPS) is 34.9. The Morgan fingerprint density at radius 1 is 1.00 bits per heavy atom. The van der Waals surface area contributed by atoms with E-state index in [-0.39, 0.29) is 25.0 Å². The van der Waals surface area contributed by atoms with Gasteiger partial charge < -0.3 is 24.4 Å². The minimum atomic E-state index is -1.22. The molecule has 4 aliphatic rings. The van der Waals surface area contributed by atoms with Gasteiger partial charge in [0.05, 0.1) is 12.5 Å². The topological polar surface area (TPSA) is 96.4 Å². The molecule has 0 saturated carbocycles. The van der Waals surface area contributed by atoms with Crippen LogP contribution in [0.1, 0.15) is 58.8 Å². The number of nitrogens with zero attached hydrogens (tertiary/aromatic N) is 2. The number of carbonyl (C=O) groups excluding carboxylic acids is 3. The molecule has 0 radical (unpaired) electrons. The van der Waals surface area contributed by atoms with Crippen LogP contribution in [0.4, 0.5) is 0 Å². The highest BCUT2D eigenvalue weighted by molar-refractivity contribution is 5.99. The Morgan fingerprint density at radius 3 is 2.53 bits per heavy atom. The Hall–Kier alpha value is -2.19. The van der Waals surface area contributed by atoms with Gasteiger partial charge in [-0.05, 0) is 32.1 Å². The lowest BCUT2D eigenvalue weighted by Crippen LogP contribution is -2.56. The molecule has 2 saturated heterocycles. The minimum Gasteiger partial charge on any atom is -0.465 e. The monoisotopic (exact) mass is 474 g/mol. The Kier molecular flexibility index (Phi) is 7.48. The summed E-state index contributed by atoms with van der Waals surface area (Å²) in [5, 5.41) is 9.29. The summed E-state index contributed by atoms with van der Waals surface area (Å²) < 4.78 is 12.4. The smallest absolute Gasteiger partial charge is 0.313 e. The minimum absolute atomic E-state index is 0.0213. The molecule has 8 heteroatoms. The van der Waals surface area contributed by atoms with Crippen LogP contribution in [0.3, 0.4) is 0 Å². The first kappa shape index (κ1) is 24.9. The van der Waals surface area contributed by atoms with Crippen LogP contribution in [0.25, 0.3) is 0 Å². The molecule has 188 valence electrons. The van der Waals surface area contributed by atoms with Crippen molar-refractivity contribution >= 4 is 17.8 Å². The predicted octanol–water partition coefficient (Wildman–Crippen LogP) is 2.21. The Balaban J connectivity index is 1.78. The second-order valence-electron chi connectivity index (χ2n) is 9.84. The van der Waals surface area contributed by atoms with Crippen LogP contribution in [-0.2, 0) is 23.9 Å². The number of amides is 2. The summed E-state index contributed by atoms with van der Waals surface area (Å²) in [4.78, 5) is 44.7. The molecule has 4 aliphatic heterocycles. The van der Waals surface area contributed by atoms with Gasteiger partial charge in [-0.1, -0.05) is 51.0 Å². The Bertz CT molecular complexity index is 856. The van der Waals surface area contributed by atoms with Crippen molar-refractivity contribution < 1.29 is 29.0 Å². The third kappa shape index (κ3) is 3.98. The van der Waals surface area contributed by atoms with Crippen molar-refractivity contribution in [3.8, 4) is 0 Å². The number of cyclic esters (lactones) is 1. The van der Waals surface area contributed by atoms with E-state index in [2.05, 4.69) is 6.92 Å². The number of aliphatic hydroxyl groups excluding tert-OH is 1. The molecule has 0 aliphatic carbocycles. The standard InChI is InChI=1S/C26H38N2O6/c1-3-5-7-14-27-15-11-13-26-19(22(30)28(16-8-9-17-29)21(26)23(27)31)20-24(32)33-18-10-6-12-25(20,4-2)34-26/h6,11-13,19-21,29H,3-5,7-10,14-18H2,1-2H3/t19-,20+,21?,25-,26-/m0/s1. The summed E-state index contributed by atoms with van der Waals surface area (Å²) in [5.74, 6) is -2.42. The zero-order chi connectivity index (χ0) is 24.3. The highest BCUT2D eigenvalue weighted by Gasteiger charge is 2.75. The van der Waals surface area contributed by atoms with Crippen LogP contribution in [0.2, 0.25) is 0 Å². The van der Waals surface area contributed by atoms with E-state index in [0.29, 0.717) is 45.3 Å². The maximum absolute atomic E-state index is 14.0. The first-order valence-corrected chi connectivity index (χ1v) is 12.9. The SMILES string of the molecule is CCCCCN1CC=C[C@]23O[C@@]4(CC)C=CCCOC(=O)[C@H]4[C@H]2C(=O)N(CCCCO)C3C1=O. The van der Waals surface area contributed by atoms with E-state index in [1.165, 1.54) is 0 Å². The zero-order valence-corrected chi connectivity index (χ0v) is 20.4. The van der Waals surface area contributed by atoms with Gasteiger partial charge in [0.1, 0.15) is 23.2 Å². The summed E-state index contributed by atoms with van der Waals surface area (Å²) in [6.45, 7) is 5.78. The van der Waals surface area contributed by atoms with Gasteiger partial charge in [0.15, 0.2) is 0 Å². The highest BCUT2D eigenvalue weighted by Crippen LogP contribution is 2.58. The van der Waals surface area contributed by atoms with Crippen molar-refractivity contribution in [1.82, 2.24) is 9.80 Å². The van der Waals surface area contributed by atoms with E-state index in [1.54, 1.807) is 4.90 Å². The van der Waals surface area contributed by atoms with E-state index in [4.69, 9.17) is 9.47 Å². The molecule has 0 aromatic heterocycles. The van der Waals surface area contributed by atoms with E-state index >= 15 is 0 Å². The van der Waals surface area contributed by atoms with Crippen LogP contribution < -0.4 is 0 Å². The molecule has 0 aromatic carbocycles. The van der Waals surface area contributed by atoms with Crippen molar-refractivity contribution in [2.45, 2.75) is 76.0 Å². The number of rotatable bonds is 9. The number of hydrogen-bond acceptors (Lipinski definition) is 6. The lowest BCUT2D eigenvalue weighted by Gasteiger charge is -2.38. The molecule has 4 rings (SSSR count). The van der Waals surface area contributed by atoms with Crippen LogP contribution in [0.15, 0.2) is 24.3 Å². The summed E-state index contributed by atoms with van der Waals surface area (Å²) in [6, 6.07) is -0.832. The molecular formula is C26H38N2O6. The van der Waals surface area contributed by atoms with Crippen molar-refractivity contribution in [2.24, 2.45) is 11.8 Å². The molecule has 1 unspecified atom stereocenters. The van der Waals surface area contributed by atoms with Crippen LogP contribution in [0.5, 0.6) is 0 Å². The summed E-state index contributed by atoms with van der Waals surface area (Å²) >= 11 is 0. The zero-order valence-electron chi connectivity index (χ0n) is 20.4. The number of hydrogen-bond donors (Lipinski definition) is 1. The number of ether oxygens (including phenoxy) is 2. The fourth-order valence-electron chi connectivity index (χ4n) is 6.16. The van der Waals surface area contributed by atoms with Crippen LogP contribution >= 0.6 is 0 Å². The summed E-state index contributed by atoms with van der Waals surface area (Å²) in [5.41, 5.74) is -2.21. The summed E-state index contributed by atoms with van der Waals surface area (Å²) in [7, 11) is 0. The third-order valence-corrected chi connectivity index (χ3v) is 7.82. The number of aliphatic hydroxyl groups is 1. The van der Waals surface area contributed by atoms with Crippen molar-refractivity contribution in [3.63, 3.8) is 0 Å². The first-order valence-electron chi connectivity index (χ1n) is 12.9. The molecule has 0 aromatic rings. The number of unbranched alkanes of at least 4 members (excludes halogenated alkanes) is 3. The van der Waals surface area contributed by atoms with E-state index in [1.807, 2.05) is 36.1 Å². The number of fused-ring (bicyclic) bond motifs is 2. The third-order valence-electron chi connectivity index (χ3n) is 7.82. The average molecular weight is 475 g/mol. The molecule has 1 spiro atoms. The Morgan fingerprint density at radius 2 is 1.79 bits per heavy atom. The molecule has 2 amide bonds. The molecule has 5 atom stereocenters. The predicted molar refractivity (Wildman–Crippen MR) is 126 cm³/mol. The maximum atomic E-state index is 14.0. The van der Waals surface area contributed by atoms with Crippen molar-refractivity contribution in [2.75, 3.05) is 32.8 Å². The molecule has 34 heavy (non-hydrogen) atoms. The summed E-state index contributed by atoms with van der Waals surface area (Å²) in [6.07, 6.45) is 12.9. The highest BCUT2D eigenvalue weighted by atomic mass is 16.6. The molecule has 4 heterocycles. The molecule has 1 N–H and O–H groups in total. The van der Waals surface area contributed by atoms with Gasteiger partial charge >= 0.3 is 5.97 Å². The van der Waals surface area contributed by atoms with E-state index in [9.17, 15) is 19.5 Å². The van der Waals surface area contributed by atoms with Gasteiger partial charge in [-0.15, -0.1) is 0 Å². The fraction of sp³-hybridized carbons (Fsp3) is 0.731. The molecule has 2 fully saturated rings. The van der Waals surface area contributed by atoms with Crippen LogP contribution in [0, 0.1) is 11.8 Å². The second-order valence-corrected chi connectivity index (χ2v) is 9.84. The van der Waals surface area contributed by atoms with E-state index in [0.717, 1.165) is 19.3 Å². The van der Waals surface area contributed by atoms with Gasteiger partial charge in [-0.2, -0.15) is 0 Å². The van der Waals surface area contributed by atoms with Gasteiger partial charge in [-0.25, -0.2) is 0 Å². The van der Waals surface area contributed by atoms with E-state index < -0.39 is 35.0 Å². The quantitative estimate of drug-likeness (QED) is 0.313. The Labute approximate surface area is 201 Å². The maximum Gasteiger partial charge on any atom is 0.313 e.